The van der Waals surface area contributed by atoms with E-state index in [4.69, 9.17) is 18.9 Å². The predicted molar refractivity (Wildman–Crippen MR) is 54.7 cm³/mol. The van der Waals surface area contributed by atoms with Crippen molar-refractivity contribution in [3.05, 3.63) is 0 Å². The van der Waals surface area contributed by atoms with Gasteiger partial charge < -0.3 is 18.9 Å². The highest BCUT2D eigenvalue weighted by molar-refractivity contribution is 4.99. The monoisotopic (exact) mass is 226 g/mol. The molecule has 4 fully saturated rings. The van der Waals surface area contributed by atoms with Crippen LogP contribution < -0.4 is 0 Å². The molecule has 0 unspecified atom stereocenters. The summed E-state index contributed by atoms with van der Waals surface area (Å²) >= 11 is 0. The molecule has 2 saturated carbocycles. The molecule has 0 aromatic heterocycles. The van der Waals surface area contributed by atoms with E-state index in [2.05, 4.69) is 0 Å². The van der Waals surface area contributed by atoms with Crippen LogP contribution in [0.5, 0.6) is 0 Å². The highest BCUT2D eigenvalue weighted by Crippen LogP contribution is 2.52. The number of ether oxygens (including phenoxy) is 4. The van der Waals surface area contributed by atoms with Crippen molar-refractivity contribution in [2.45, 2.75) is 43.7 Å². The Kier molecular flexibility index (Phi) is 2.10. The average molecular weight is 226 g/mol. The van der Waals surface area contributed by atoms with Gasteiger partial charge in [0.05, 0.1) is 25.4 Å². The Morgan fingerprint density at radius 1 is 0.812 bits per heavy atom. The Morgan fingerprint density at radius 2 is 1.38 bits per heavy atom. The molecule has 0 bridgehead atoms. The maximum atomic E-state index is 5.81. The van der Waals surface area contributed by atoms with Gasteiger partial charge in [-0.15, -0.1) is 0 Å². The van der Waals surface area contributed by atoms with Crippen molar-refractivity contribution in [2.24, 2.45) is 11.8 Å². The minimum Gasteiger partial charge on any atom is -0.349 e. The summed E-state index contributed by atoms with van der Waals surface area (Å²) in [5.74, 6) is 1.18. The minimum absolute atomic E-state index is 0.242. The second-order valence-corrected chi connectivity index (χ2v) is 5.54. The molecule has 4 aliphatic rings. The number of fused-ring (bicyclic) bond motifs is 2. The third-order valence-electron chi connectivity index (χ3n) is 4.68. The molecule has 0 amide bonds. The maximum Gasteiger partial charge on any atom is 0.169 e. The van der Waals surface area contributed by atoms with Gasteiger partial charge in [-0.3, -0.25) is 0 Å². The molecule has 2 saturated heterocycles. The number of hydrogen-bond acceptors (Lipinski definition) is 4. The average Bonchev–Trinajstić information content (AvgIpc) is 2.94. The fraction of sp³-hybridized carbons (Fsp3) is 1.00. The second-order valence-electron chi connectivity index (χ2n) is 5.54. The Balaban J connectivity index is 1.52. The zero-order valence-electron chi connectivity index (χ0n) is 9.39. The molecule has 2 aliphatic carbocycles. The predicted octanol–water partition coefficient (Wildman–Crippen LogP) is 1.29. The van der Waals surface area contributed by atoms with Crippen LogP contribution in [0.25, 0.3) is 0 Å². The molecule has 0 N–H and O–H groups in total. The normalized spacial score (nSPS) is 49.5. The summed E-state index contributed by atoms with van der Waals surface area (Å²) in [6.07, 6.45) is 5.04. The van der Waals surface area contributed by atoms with Crippen LogP contribution in [0.15, 0.2) is 0 Å². The topological polar surface area (TPSA) is 36.9 Å². The van der Waals surface area contributed by atoms with E-state index >= 15 is 0 Å². The lowest BCUT2D eigenvalue weighted by atomic mass is 9.79. The number of rotatable bonds is 0. The lowest BCUT2D eigenvalue weighted by Crippen LogP contribution is -2.34. The van der Waals surface area contributed by atoms with E-state index in [0.29, 0.717) is 30.8 Å². The van der Waals surface area contributed by atoms with Gasteiger partial charge >= 0.3 is 0 Å². The lowest BCUT2D eigenvalue weighted by molar-refractivity contribution is -0.154. The molecule has 90 valence electrons. The summed E-state index contributed by atoms with van der Waals surface area (Å²) in [7, 11) is 0. The standard InChI is InChI=1S/C12H18O4/c1-2-16-12(15-1)5-8-3-10-11(14-7-13-10)4-9(8)6-12/h8-11H,1-7H2/t8-,9-,10-,11+/m0/s1. The van der Waals surface area contributed by atoms with E-state index < -0.39 is 0 Å². The van der Waals surface area contributed by atoms with Gasteiger partial charge in [0.1, 0.15) is 6.79 Å². The summed E-state index contributed by atoms with van der Waals surface area (Å²) in [4.78, 5) is 0. The Hall–Kier alpha value is -0.160. The summed E-state index contributed by atoms with van der Waals surface area (Å²) in [6, 6.07) is 0. The number of hydrogen-bond donors (Lipinski definition) is 0. The molecular formula is C12H18O4. The third kappa shape index (κ3) is 1.37. The van der Waals surface area contributed by atoms with Gasteiger partial charge in [-0.25, -0.2) is 0 Å². The molecule has 4 atom stereocenters. The van der Waals surface area contributed by atoms with E-state index in [0.717, 1.165) is 38.9 Å². The van der Waals surface area contributed by atoms with Gasteiger partial charge in [-0.1, -0.05) is 0 Å². The van der Waals surface area contributed by atoms with E-state index in [1.807, 2.05) is 0 Å². The van der Waals surface area contributed by atoms with Gasteiger partial charge in [0.2, 0.25) is 0 Å². The van der Waals surface area contributed by atoms with Gasteiger partial charge in [0, 0.05) is 12.8 Å². The molecule has 16 heavy (non-hydrogen) atoms. The molecule has 4 rings (SSSR count). The third-order valence-corrected chi connectivity index (χ3v) is 4.68. The van der Waals surface area contributed by atoms with Crippen molar-refractivity contribution in [3.8, 4) is 0 Å². The molecule has 1 spiro atoms. The summed E-state index contributed by atoms with van der Waals surface area (Å²) < 4.78 is 22.8. The Bertz CT molecular complexity index is 265. The smallest absolute Gasteiger partial charge is 0.169 e. The minimum atomic E-state index is -0.242. The highest BCUT2D eigenvalue weighted by Gasteiger charge is 2.54. The SMILES string of the molecule is C1O[C@H]2C[C@H]3CC4(C[C@@H]3C[C@H]2O1)OCCO4. The summed E-state index contributed by atoms with van der Waals surface area (Å²) in [6.45, 7) is 2.02. The second kappa shape index (κ2) is 3.42. The first-order chi connectivity index (χ1) is 7.85. The van der Waals surface area contributed by atoms with Crippen LogP contribution in [-0.2, 0) is 18.9 Å². The van der Waals surface area contributed by atoms with Crippen molar-refractivity contribution in [1.82, 2.24) is 0 Å². The largest absolute Gasteiger partial charge is 0.349 e. The van der Waals surface area contributed by atoms with E-state index in [-0.39, 0.29) is 5.79 Å². The van der Waals surface area contributed by atoms with Crippen molar-refractivity contribution in [2.75, 3.05) is 20.0 Å². The van der Waals surface area contributed by atoms with Crippen LogP contribution in [0.3, 0.4) is 0 Å². The van der Waals surface area contributed by atoms with Crippen molar-refractivity contribution in [3.63, 3.8) is 0 Å². The summed E-state index contributed by atoms with van der Waals surface area (Å²) in [5.41, 5.74) is 0. The van der Waals surface area contributed by atoms with Crippen LogP contribution in [0, 0.1) is 11.8 Å². The van der Waals surface area contributed by atoms with E-state index in [1.165, 1.54) is 0 Å². The highest BCUT2D eigenvalue weighted by atomic mass is 16.7. The molecule has 2 aliphatic heterocycles. The lowest BCUT2D eigenvalue weighted by Gasteiger charge is -2.31. The zero-order chi connectivity index (χ0) is 10.6. The summed E-state index contributed by atoms with van der Waals surface area (Å²) in [5, 5.41) is 0. The maximum absolute atomic E-state index is 5.81. The van der Waals surface area contributed by atoms with Crippen LogP contribution in [0.2, 0.25) is 0 Å². The van der Waals surface area contributed by atoms with Crippen molar-refractivity contribution in [1.29, 1.82) is 0 Å². The van der Waals surface area contributed by atoms with Gasteiger partial charge in [0.15, 0.2) is 5.79 Å². The Morgan fingerprint density at radius 3 is 1.94 bits per heavy atom. The first-order valence-corrected chi connectivity index (χ1v) is 6.36. The molecule has 2 heterocycles. The van der Waals surface area contributed by atoms with Gasteiger partial charge in [0.25, 0.3) is 0 Å². The van der Waals surface area contributed by atoms with E-state index in [1.54, 1.807) is 0 Å². The zero-order valence-corrected chi connectivity index (χ0v) is 9.39. The fourth-order valence-electron chi connectivity index (χ4n) is 3.97. The first-order valence-electron chi connectivity index (χ1n) is 6.36. The van der Waals surface area contributed by atoms with Crippen molar-refractivity contribution >= 4 is 0 Å². The molecule has 0 aromatic carbocycles. The van der Waals surface area contributed by atoms with Gasteiger partial charge in [-0.05, 0) is 24.7 Å². The molecular weight excluding hydrogens is 208 g/mol. The van der Waals surface area contributed by atoms with Crippen molar-refractivity contribution < 1.29 is 18.9 Å². The molecule has 4 heteroatoms. The van der Waals surface area contributed by atoms with Gasteiger partial charge in [-0.2, -0.15) is 0 Å². The van der Waals surface area contributed by atoms with Crippen LogP contribution in [-0.4, -0.2) is 38.0 Å². The first kappa shape index (κ1) is 9.83. The fourth-order valence-corrected chi connectivity index (χ4v) is 3.97. The molecule has 4 nitrogen and oxygen atoms in total. The quantitative estimate of drug-likeness (QED) is 0.623. The Labute approximate surface area is 95.2 Å². The van der Waals surface area contributed by atoms with Crippen LogP contribution in [0.1, 0.15) is 25.7 Å². The van der Waals surface area contributed by atoms with E-state index in [9.17, 15) is 0 Å². The van der Waals surface area contributed by atoms with Crippen LogP contribution >= 0.6 is 0 Å². The molecule has 0 aromatic rings. The molecule has 0 radical (unpaired) electrons. The van der Waals surface area contributed by atoms with Crippen LogP contribution in [0.4, 0.5) is 0 Å².